The topological polar surface area (TPSA) is 47.0 Å². The van der Waals surface area contributed by atoms with Crippen LogP contribution in [0.4, 0.5) is 5.69 Å². The van der Waals surface area contributed by atoms with E-state index in [9.17, 15) is 0 Å². The molecule has 2 heterocycles. The minimum absolute atomic E-state index is 0.0888. The van der Waals surface area contributed by atoms with Gasteiger partial charge in [0, 0.05) is 17.0 Å². The molecule has 1 aromatic carbocycles. The van der Waals surface area contributed by atoms with Crippen molar-refractivity contribution in [2.45, 2.75) is 12.5 Å². The first kappa shape index (κ1) is 12.5. The van der Waals surface area contributed by atoms with Crippen LogP contribution in [0.1, 0.15) is 18.0 Å². The van der Waals surface area contributed by atoms with E-state index in [4.69, 9.17) is 27.9 Å². The Hall–Kier alpha value is -1.52. The van der Waals surface area contributed by atoms with Crippen LogP contribution in [0.15, 0.2) is 30.9 Å². The average Bonchev–Trinajstić information content (AvgIpc) is 2.41. The number of anilines is 1. The molecule has 0 fully saturated rings. The summed E-state index contributed by atoms with van der Waals surface area (Å²) in [6.45, 7) is 0.611. The molecular formula is C13H11Cl2N3O. The van der Waals surface area contributed by atoms with E-state index in [1.165, 1.54) is 6.33 Å². The number of aromatic nitrogens is 2. The molecule has 0 aliphatic carbocycles. The van der Waals surface area contributed by atoms with Crippen molar-refractivity contribution < 1.29 is 4.74 Å². The van der Waals surface area contributed by atoms with Crippen LogP contribution in [0.2, 0.25) is 10.0 Å². The van der Waals surface area contributed by atoms with E-state index >= 15 is 0 Å². The van der Waals surface area contributed by atoms with Crippen LogP contribution < -0.4 is 10.1 Å². The van der Waals surface area contributed by atoms with Gasteiger partial charge in [-0.2, -0.15) is 0 Å². The molecule has 0 radical (unpaired) electrons. The summed E-state index contributed by atoms with van der Waals surface area (Å²) in [7, 11) is 0. The van der Waals surface area contributed by atoms with Gasteiger partial charge in [-0.3, -0.25) is 0 Å². The molecule has 3 rings (SSSR count). The standard InChI is InChI=1S/C13H11Cl2N3O/c14-8-3-10-12(18-9-5-16-7-17-6-9)1-2-19-13(10)11(15)4-8/h3-7,12,18H,1-2H2. The third kappa shape index (κ3) is 2.60. The van der Waals surface area contributed by atoms with Crippen molar-refractivity contribution in [1.29, 1.82) is 0 Å². The van der Waals surface area contributed by atoms with Gasteiger partial charge in [-0.25, -0.2) is 9.97 Å². The summed E-state index contributed by atoms with van der Waals surface area (Å²) in [5.41, 5.74) is 1.82. The van der Waals surface area contributed by atoms with E-state index in [0.29, 0.717) is 22.4 Å². The summed E-state index contributed by atoms with van der Waals surface area (Å²) < 4.78 is 5.62. The second kappa shape index (κ2) is 5.23. The molecule has 2 aromatic rings. The zero-order chi connectivity index (χ0) is 13.2. The normalized spacial score (nSPS) is 17.5. The summed E-state index contributed by atoms with van der Waals surface area (Å²) in [5, 5.41) is 4.51. The van der Waals surface area contributed by atoms with E-state index in [0.717, 1.165) is 17.7 Å². The highest BCUT2D eigenvalue weighted by atomic mass is 35.5. The molecule has 1 atom stereocenters. The van der Waals surface area contributed by atoms with Crippen LogP contribution in [0, 0.1) is 0 Å². The van der Waals surface area contributed by atoms with E-state index in [-0.39, 0.29) is 6.04 Å². The smallest absolute Gasteiger partial charge is 0.143 e. The molecule has 1 aliphatic rings. The van der Waals surface area contributed by atoms with E-state index in [2.05, 4.69) is 15.3 Å². The van der Waals surface area contributed by atoms with Crippen molar-refractivity contribution in [2.24, 2.45) is 0 Å². The molecule has 0 spiro atoms. The first-order chi connectivity index (χ1) is 9.24. The Labute approximate surface area is 120 Å². The van der Waals surface area contributed by atoms with Crippen molar-refractivity contribution in [3.63, 3.8) is 0 Å². The van der Waals surface area contributed by atoms with Gasteiger partial charge in [-0.15, -0.1) is 0 Å². The van der Waals surface area contributed by atoms with Crippen LogP contribution in [0.3, 0.4) is 0 Å². The van der Waals surface area contributed by atoms with Crippen LogP contribution in [0.25, 0.3) is 0 Å². The third-order valence-electron chi connectivity index (χ3n) is 2.97. The Morgan fingerprint density at radius 2 is 2.00 bits per heavy atom. The number of fused-ring (bicyclic) bond motifs is 1. The lowest BCUT2D eigenvalue weighted by molar-refractivity contribution is 0.274. The molecule has 1 aromatic heterocycles. The molecule has 0 saturated heterocycles. The quantitative estimate of drug-likeness (QED) is 0.917. The largest absolute Gasteiger partial charge is 0.492 e. The number of hydrogen-bond acceptors (Lipinski definition) is 4. The van der Waals surface area contributed by atoms with Gasteiger partial charge in [0.05, 0.1) is 35.8 Å². The van der Waals surface area contributed by atoms with Gasteiger partial charge in [-0.05, 0) is 12.1 Å². The SMILES string of the molecule is Clc1cc(Cl)c2c(c1)C(Nc1cncnc1)CCO2. The van der Waals surface area contributed by atoms with Gasteiger partial charge < -0.3 is 10.1 Å². The maximum absolute atomic E-state index is 6.15. The maximum atomic E-state index is 6.15. The van der Waals surface area contributed by atoms with Crippen molar-refractivity contribution >= 4 is 28.9 Å². The molecule has 98 valence electrons. The van der Waals surface area contributed by atoms with Gasteiger partial charge in [0.25, 0.3) is 0 Å². The average molecular weight is 296 g/mol. The molecule has 0 amide bonds. The van der Waals surface area contributed by atoms with Gasteiger partial charge in [-0.1, -0.05) is 23.2 Å². The van der Waals surface area contributed by atoms with Crippen LogP contribution in [-0.4, -0.2) is 16.6 Å². The van der Waals surface area contributed by atoms with Crippen molar-refractivity contribution in [3.05, 3.63) is 46.5 Å². The minimum atomic E-state index is 0.0888. The molecule has 6 heteroatoms. The highest BCUT2D eigenvalue weighted by molar-refractivity contribution is 6.35. The number of rotatable bonds is 2. The summed E-state index contributed by atoms with van der Waals surface area (Å²) in [4.78, 5) is 7.97. The summed E-state index contributed by atoms with van der Waals surface area (Å²) in [6, 6.07) is 3.66. The zero-order valence-corrected chi connectivity index (χ0v) is 11.4. The van der Waals surface area contributed by atoms with Gasteiger partial charge in [0.1, 0.15) is 12.1 Å². The van der Waals surface area contributed by atoms with Gasteiger partial charge >= 0.3 is 0 Å². The molecule has 0 saturated carbocycles. The Kier molecular flexibility index (Phi) is 3.44. The monoisotopic (exact) mass is 295 g/mol. The molecule has 4 nitrogen and oxygen atoms in total. The highest BCUT2D eigenvalue weighted by Gasteiger charge is 2.24. The van der Waals surface area contributed by atoms with Crippen LogP contribution in [-0.2, 0) is 0 Å². The van der Waals surface area contributed by atoms with E-state index in [1.54, 1.807) is 18.5 Å². The summed E-state index contributed by atoms with van der Waals surface area (Å²) in [6.07, 6.45) is 5.79. The molecule has 1 N–H and O–H groups in total. The predicted octanol–water partition coefficient (Wildman–Crippen LogP) is 3.72. The number of benzene rings is 1. The lowest BCUT2D eigenvalue weighted by atomic mass is 10.0. The summed E-state index contributed by atoms with van der Waals surface area (Å²) >= 11 is 12.2. The van der Waals surface area contributed by atoms with Crippen molar-refractivity contribution in [1.82, 2.24) is 9.97 Å². The van der Waals surface area contributed by atoms with E-state index in [1.807, 2.05) is 6.07 Å². The Balaban J connectivity index is 1.94. The van der Waals surface area contributed by atoms with Gasteiger partial charge in [0.2, 0.25) is 0 Å². The zero-order valence-electron chi connectivity index (χ0n) is 9.94. The van der Waals surface area contributed by atoms with E-state index < -0.39 is 0 Å². The fraction of sp³-hybridized carbons (Fsp3) is 0.231. The van der Waals surface area contributed by atoms with Crippen molar-refractivity contribution in [3.8, 4) is 5.75 Å². The van der Waals surface area contributed by atoms with Crippen LogP contribution >= 0.6 is 23.2 Å². The molecule has 0 bridgehead atoms. The van der Waals surface area contributed by atoms with Gasteiger partial charge in [0.15, 0.2) is 0 Å². The Morgan fingerprint density at radius 3 is 2.79 bits per heavy atom. The fourth-order valence-corrected chi connectivity index (χ4v) is 2.71. The number of hydrogen-bond donors (Lipinski definition) is 1. The maximum Gasteiger partial charge on any atom is 0.143 e. The lowest BCUT2D eigenvalue weighted by Crippen LogP contribution is -2.20. The first-order valence-corrected chi connectivity index (χ1v) is 6.63. The Morgan fingerprint density at radius 1 is 1.21 bits per heavy atom. The fourth-order valence-electron chi connectivity index (χ4n) is 2.15. The second-order valence-corrected chi connectivity index (χ2v) is 5.11. The van der Waals surface area contributed by atoms with Crippen LogP contribution in [0.5, 0.6) is 5.75 Å². The third-order valence-corrected chi connectivity index (χ3v) is 3.47. The molecular weight excluding hydrogens is 285 g/mol. The number of nitrogens with zero attached hydrogens (tertiary/aromatic N) is 2. The summed E-state index contributed by atoms with van der Waals surface area (Å²) in [5.74, 6) is 0.701. The molecule has 1 unspecified atom stereocenters. The van der Waals surface area contributed by atoms with Crippen molar-refractivity contribution in [2.75, 3.05) is 11.9 Å². The Bertz CT molecular complexity index is 592. The number of nitrogens with one attached hydrogen (secondary N) is 1. The first-order valence-electron chi connectivity index (χ1n) is 5.87. The highest BCUT2D eigenvalue weighted by Crippen LogP contribution is 2.41. The molecule has 19 heavy (non-hydrogen) atoms. The second-order valence-electron chi connectivity index (χ2n) is 4.27. The number of halogens is 2. The number of ether oxygens (including phenoxy) is 1. The molecule has 1 aliphatic heterocycles. The minimum Gasteiger partial charge on any atom is -0.492 e. The predicted molar refractivity (Wildman–Crippen MR) is 75.0 cm³/mol. The lowest BCUT2D eigenvalue weighted by Gasteiger charge is -2.28.